The van der Waals surface area contributed by atoms with Crippen molar-refractivity contribution in [3.05, 3.63) is 97.2 Å². The number of rotatable bonds is 71. The molecule has 0 aromatic heterocycles. The van der Waals surface area contributed by atoms with Gasteiger partial charge < -0.3 is 34.2 Å². The summed E-state index contributed by atoms with van der Waals surface area (Å²) >= 11 is 0. The van der Waals surface area contributed by atoms with Crippen molar-refractivity contribution in [3.63, 3.8) is 0 Å². The zero-order chi connectivity index (χ0) is 69.5. The number of hydrogen-bond donors (Lipinski definition) is 4. The second kappa shape index (κ2) is 70.3. The molecule has 0 aromatic carbocycles. The van der Waals surface area contributed by atoms with E-state index < -0.39 is 91.5 Å². The number of aliphatic hydroxyl groups is 2. The van der Waals surface area contributed by atoms with Gasteiger partial charge in [-0.2, -0.15) is 0 Å². The molecule has 0 saturated heterocycles. The molecule has 0 rings (SSSR count). The van der Waals surface area contributed by atoms with E-state index in [0.717, 1.165) is 135 Å². The lowest BCUT2D eigenvalue weighted by Gasteiger charge is -2.21. The Morgan fingerprint density at radius 2 is 0.579 bits per heavy atom. The maximum atomic E-state index is 12.9. The second-order valence-corrected chi connectivity index (χ2v) is 28.0. The Hall–Kier alpha value is -3.53. The van der Waals surface area contributed by atoms with E-state index in [9.17, 15) is 43.5 Å². The fourth-order valence-corrected chi connectivity index (χ4v) is 11.7. The van der Waals surface area contributed by atoms with Crippen LogP contribution in [-0.2, 0) is 55.8 Å². The fourth-order valence-electron chi connectivity index (χ4n) is 10.1. The summed E-state index contributed by atoms with van der Waals surface area (Å²) in [6, 6.07) is 0. The van der Waals surface area contributed by atoms with Gasteiger partial charge in [0, 0.05) is 19.3 Å². The van der Waals surface area contributed by atoms with E-state index >= 15 is 0 Å². The molecular weight excluding hydrogens is 1240 g/mol. The molecule has 0 aliphatic heterocycles. The van der Waals surface area contributed by atoms with E-state index in [2.05, 4.69) is 118 Å². The van der Waals surface area contributed by atoms with E-state index in [-0.39, 0.29) is 19.3 Å². The molecule has 0 aliphatic carbocycles. The maximum Gasteiger partial charge on any atom is 0.472 e. The summed E-state index contributed by atoms with van der Waals surface area (Å²) in [7, 11) is -9.77. The van der Waals surface area contributed by atoms with Gasteiger partial charge in [-0.3, -0.25) is 32.5 Å². The van der Waals surface area contributed by atoms with Gasteiger partial charge >= 0.3 is 33.6 Å². The highest BCUT2D eigenvalue weighted by molar-refractivity contribution is 7.47. The Bertz CT molecular complexity index is 2120. The molecule has 4 N–H and O–H groups in total. The maximum absolute atomic E-state index is 12.9. The summed E-state index contributed by atoms with van der Waals surface area (Å²) in [6.45, 7) is 2.50. The molecule has 0 aromatic rings. The van der Waals surface area contributed by atoms with Crippen LogP contribution in [-0.4, -0.2) is 95.9 Å². The van der Waals surface area contributed by atoms with Crippen molar-refractivity contribution in [2.75, 3.05) is 39.6 Å². The summed E-state index contributed by atoms with van der Waals surface area (Å²) in [6.07, 6.45) is 79.0. The van der Waals surface area contributed by atoms with Crippen LogP contribution in [0.15, 0.2) is 97.2 Å². The highest BCUT2D eigenvalue weighted by Gasteiger charge is 2.29. The van der Waals surface area contributed by atoms with Gasteiger partial charge in [0.05, 0.1) is 26.4 Å². The molecule has 5 unspecified atom stereocenters. The summed E-state index contributed by atoms with van der Waals surface area (Å²) in [5.74, 6) is -1.58. The van der Waals surface area contributed by atoms with Gasteiger partial charge in [0.15, 0.2) is 6.10 Å². The molecule has 16 nitrogen and oxygen atoms in total. The zero-order valence-corrected chi connectivity index (χ0v) is 61.6. The molecule has 550 valence electrons. The SMILES string of the molecule is CC/C=C\C/C=C\C/C=C\C/C=C\C/C=C\C/C=C\CCCCCCCCCCCCCCC(=O)OCC(O)COP(=O)(O)OCC(O)COP(=O)(O)OCC(COC(=O)CCCCCCCCCCCCCCCCC)OC(=O)CCCCCCC/C=C\C/C=C\CCC. The largest absolute Gasteiger partial charge is 0.472 e. The molecule has 0 radical (unpaired) electrons. The van der Waals surface area contributed by atoms with Gasteiger partial charge in [0.1, 0.15) is 25.4 Å². The third-order valence-electron chi connectivity index (χ3n) is 15.8. The van der Waals surface area contributed by atoms with E-state index in [0.29, 0.717) is 19.3 Å². The van der Waals surface area contributed by atoms with E-state index in [4.69, 9.17) is 32.3 Å². The molecular formula is C77H136O16P2. The van der Waals surface area contributed by atoms with Crippen LogP contribution in [0.4, 0.5) is 0 Å². The highest BCUT2D eigenvalue weighted by atomic mass is 31.2. The standard InChI is InChI=1S/C77H136O16P2/c1-4-7-10-13-16-19-22-25-27-28-29-30-31-32-33-34-35-36-37-38-39-40-41-42-44-47-48-51-54-57-60-63-75(80)87-66-72(78)67-89-94(83,84)90-68-73(79)69-91-95(85,86)92-71-74(93-77(82)65-62-59-56-53-50-45-24-21-18-15-12-9-6-3)70-88-76(81)64-61-58-55-52-49-46-43-26-23-20-17-14-11-8-5-2/h7,10,12,15-16,19,21,24-25,27,29-30,32-33,35-36,72-74,78-79H,4-6,8-9,11,13-14,17-18,20,22-23,26,28,31,34,37-71H2,1-3H3,(H,83,84)(H,85,86)/b10-7-,15-12-,19-16-,24-21-,27-25-,30-29-,33-32-,36-35-. The minimum Gasteiger partial charge on any atom is -0.463 e. The molecule has 5 atom stereocenters. The minimum atomic E-state index is -4.92. The second-order valence-electron chi connectivity index (χ2n) is 25.1. The van der Waals surface area contributed by atoms with Gasteiger partial charge in [-0.15, -0.1) is 0 Å². The highest BCUT2D eigenvalue weighted by Crippen LogP contribution is 2.45. The fraction of sp³-hybridized carbons (Fsp3) is 0.753. The first-order valence-electron chi connectivity index (χ1n) is 37.5. The van der Waals surface area contributed by atoms with Crippen LogP contribution in [0.3, 0.4) is 0 Å². The lowest BCUT2D eigenvalue weighted by atomic mass is 10.0. The third kappa shape index (κ3) is 71.6. The van der Waals surface area contributed by atoms with Crippen LogP contribution in [0, 0.1) is 0 Å². The van der Waals surface area contributed by atoms with Crippen molar-refractivity contribution >= 4 is 33.6 Å². The van der Waals surface area contributed by atoms with Crippen LogP contribution in [0.5, 0.6) is 0 Å². The number of carbonyl (C=O) groups excluding carboxylic acids is 3. The van der Waals surface area contributed by atoms with Gasteiger partial charge in [-0.25, -0.2) is 9.13 Å². The smallest absolute Gasteiger partial charge is 0.463 e. The first-order valence-corrected chi connectivity index (χ1v) is 40.5. The lowest BCUT2D eigenvalue weighted by molar-refractivity contribution is -0.161. The van der Waals surface area contributed by atoms with Crippen molar-refractivity contribution in [1.82, 2.24) is 0 Å². The van der Waals surface area contributed by atoms with Crippen LogP contribution >= 0.6 is 15.6 Å². The van der Waals surface area contributed by atoms with E-state index in [1.165, 1.54) is 122 Å². The molecule has 0 fully saturated rings. The van der Waals surface area contributed by atoms with E-state index in [1.54, 1.807) is 0 Å². The summed E-state index contributed by atoms with van der Waals surface area (Å²) in [5.41, 5.74) is 0. The topological polar surface area (TPSA) is 231 Å². The number of phosphoric acid groups is 2. The molecule has 0 spiro atoms. The number of aliphatic hydroxyl groups excluding tert-OH is 2. The molecule has 0 aliphatic rings. The predicted molar refractivity (Wildman–Crippen MR) is 390 cm³/mol. The first kappa shape index (κ1) is 91.5. The number of ether oxygens (including phenoxy) is 3. The normalized spacial score (nSPS) is 14.6. The molecule has 0 bridgehead atoms. The van der Waals surface area contributed by atoms with Crippen LogP contribution in [0.1, 0.15) is 316 Å². The average molecular weight is 1380 g/mol. The predicted octanol–water partition coefficient (Wildman–Crippen LogP) is 21.4. The van der Waals surface area contributed by atoms with Crippen LogP contribution in [0.25, 0.3) is 0 Å². The number of hydrogen-bond acceptors (Lipinski definition) is 14. The first-order chi connectivity index (χ1) is 46.2. The monoisotopic (exact) mass is 1380 g/mol. The number of unbranched alkanes of at least 4 members (excludes halogenated alkanes) is 32. The Kier molecular flexibility index (Phi) is 67.7. The number of allylic oxidation sites excluding steroid dienone is 16. The van der Waals surface area contributed by atoms with E-state index in [1.807, 2.05) is 0 Å². The quantitative estimate of drug-likeness (QED) is 0.0146. The van der Waals surface area contributed by atoms with Crippen molar-refractivity contribution in [2.45, 2.75) is 334 Å². The molecule has 95 heavy (non-hydrogen) atoms. The average Bonchev–Trinajstić information content (AvgIpc) is 1.75. The third-order valence-corrected chi connectivity index (χ3v) is 17.7. The molecule has 0 heterocycles. The van der Waals surface area contributed by atoms with Crippen molar-refractivity contribution < 1.29 is 75.8 Å². The van der Waals surface area contributed by atoms with Crippen LogP contribution < -0.4 is 0 Å². The van der Waals surface area contributed by atoms with Crippen molar-refractivity contribution in [2.24, 2.45) is 0 Å². The number of phosphoric ester groups is 2. The molecule has 0 saturated carbocycles. The number of esters is 3. The summed E-state index contributed by atoms with van der Waals surface area (Å²) in [4.78, 5) is 58.4. The van der Waals surface area contributed by atoms with Gasteiger partial charge in [-0.1, -0.05) is 298 Å². The Labute approximate surface area is 578 Å². The van der Waals surface area contributed by atoms with Crippen LogP contribution in [0.2, 0.25) is 0 Å². The van der Waals surface area contributed by atoms with Gasteiger partial charge in [0.25, 0.3) is 0 Å². The van der Waals surface area contributed by atoms with Crippen molar-refractivity contribution in [3.8, 4) is 0 Å². The minimum absolute atomic E-state index is 0.0914. The zero-order valence-electron chi connectivity index (χ0n) is 59.8. The summed E-state index contributed by atoms with van der Waals surface area (Å²) < 4.78 is 61.0. The number of carbonyl (C=O) groups is 3. The lowest BCUT2D eigenvalue weighted by Crippen LogP contribution is -2.30. The van der Waals surface area contributed by atoms with Gasteiger partial charge in [0.2, 0.25) is 0 Å². The Morgan fingerprint density at radius 3 is 0.926 bits per heavy atom. The Balaban J connectivity index is 4.41. The van der Waals surface area contributed by atoms with Gasteiger partial charge in [-0.05, 0) is 96.3 Å². The Morgan fingerprint density at radius 1 is 0.305 bits per heavy atom. The molecule has 18 heteroatoms. The summed E-state index contributed by atoms with van der Waals surface area (Å²) in [5, 5.41) is 20.6. The van der Waals surface area contributed by atoms with Crippen molar-refractivity contribution in [1.29, 1.82) is 0 Å². The molecule has 0 amide bonds.